The van der Waals surface area contributed by atoms with E-state index in [4.69, 9.17) is 10.5 Å². The van der Waals surface area contributed by atoms with Crippen LogP contribution in [0.25, 0.3) is 0 Å². The van der Waals surface area contributed by atoms with Gasteiger partial charge in [-0.25, -0.2) is 8.42 Å². The van der Waals surface area contributed by atoms with Crippen molar-refractivity contribution in [1.29, 1.82) is 0 Å². The number of sulfone groups is 1. The van der Waals surface area contributed by atoms with Crippen LogP contribution in [0.1, 0.15) is 17.2 Å². The molecule has 1 atom stereocenters. The van der Waals surface area contributed by atoms with Crippen molar-refractivity contribution in [3.63, 3.8) is 0 Å². The number of benzene rings is 2. The monoisotopic (exact) mass is 303 g/mol. The molecular weight excluding hydrogens is 286 g/mol. The third-order valence-corrected chi connectivity index (χ3v) is 5.39. The van der Waals surface area contributed by atoms with E-state index in [1.807, 2.05) is 24.3 Å². The van der Waals surface area contributed by atoms with E-state index >= 15 is 0 Å². The quantitative estimate of drug-likeness (QED) is 0.884. The lowest BCUT2D eigenvalue weighted by molar-refractivity contribution is 0.0576. The van der Waals surface area contributed by atoms with Crippen molar-refractivity contribution >= 4 is 15.5 Å². The molecule has 0 bridgehead atoms. The zero-order chi connectivity index (χ0) is 14.9. The minimum Gasteiger partial charge on any atom is -0.399 e. The molecule has 3 rings (SSSR count). The summed E-state index contributed by atoms with van der Waals surface area (Å²) in [4.78, 5) is 0.245. The van der Waals surface area contributed by atoms with Crippen LogP contribution in [0.2, 0.25) is 0 Å². The maximum absolute atomic E-state index is 12.5. The van der Waals surface area contributed by atoms with Crippen LogP contribution >= 0.6 is 0 Å². The summed E-state index contributed by atoms with van der Waals surface area (Å²) in [6.07, 6.45) is 0.409. The molecule has 1 aliphatic rings. The van der Waals surface area contributed by atoms with Crippen LogP contribution in [0, 0.1) is 0 Å². The lowest BCUT2D eigenvalue weighted by Crippen LogP contribution is -2.23. The average Bonchev–Trinajstić information content (AvgIpc) is 2.47. The maximum Gasteiger partial charge on any atom is 0.181 e. The Bertz CT molecular complexity index is 756. The van der Waals surface area contributed by atoms with E-state index in [0.717, 1.165) is 17.5 Å². The number of rotatable bonds is 3. The molecule has 21 heavy (non-hydrogen) atoms. The first-order valence-corrected chi connectivity index (χ1v) is 8.49. The standard InChI is InChI=1S/C16H17NO3S/c17-13-5-3-6-14(10-13)21(18,19)11-16-15-7-2-1-4-12(15)8-9-20-16/h1-7,10,16H,8-9,11,17H2. The Morgan fingerprint density at radius 3 is 2.76 bits per heavy atom. The summed E-state index contributed by atoms with van der Waals surface area (Å²) in [5.74, 6) is -0.0620. The van der Waals surface area contributed by atoms with Gasteiger partial charge in [-0.1, -0.05) is 30.3 Å². The molecule has 0 aromatic heterocycles. The molecule has 0 radical (unpaired) electrons. The van der Waals surface area contributed by atoms with Crippen molar-refractivity contribution < 1.29 is 13.2 Å². The Labute approximate surface area is 124 Å². The van der Waals surface area contributed by atoms with Gasteiger partial charge in [-0.15, -0.1) is 0 Å². The highest BCUT2D eigenvalue weighted by Gasteiger charge is 2.27. The molecule has 2 aromatic rings. The fourth-order valence-electron chi connectivity index (χ4n) is 2.62. The summed E-state index contributed by atoms with van der Waals surface area (Å²) in [6, 6.07) is 14.2. The molecule has 0 fully saturated rings. The van der Waals surface area contributed by atoms with Gasteiger partial charge in [0, 0.05) is 5.69 Å². The lowest BCUT2D eigenvalue weighted by atomic mass is 9.99. The second kappa shape index (κ2) is 5.50. The van der Waals surface area contributed by atoms with Crippen molar-refractivity contribution in [2.24, 2.45) is 0 Å². The average molecular weight is 303 g/mol. The highest BCUT2D eigenvalue weighted by Crippen LogP contribution is 2.30. The van der Waals surface area contributed by atoms with Gasteiger partial charge >= 0.3 is 0 Å². The van der Waals surface area contributed by atoms with E-state index in [-0.39, 0.29) is 10.6 Å². The van der Waals surface area contributed by atoms with Crippen molar-refractivity contribution in [3.8, 4) is 0 Å². The molecule has 5 heteroatoms. The van der Waals surface area contributed by atoms with Gasteiger partial charge in [-0.2, -0.15) is 0 Å². The third-order valence-electron chi connectivity index (χ3n) is 3.68. The minimum absolute atomic E-state index is 0.0620. The van der Waals surface area contributed by atoms with Crippen molar-refractivity contribution in [2.45, 2.75) is 17.4 Å². The number of anilines is 1. The second-order valence-electron chi connectivity index (χ2n) is 5.16. The number of nitrogen functional groups attached to an aromatic ring is 1. The molecule has 110 valence electrons. The number of ether oxygens (including phenoxy) is 1. The summed E-state index contributed by atoms with van der Waals surface area (Å²) in [7, 11) is -3.43. The largest absolute Gasteiger partial charge is 0.399 e. The van der Waals surface area contributed by atoms with Gasteiger partial charge in [0.25, 0.3) is 0 Å². The zero-order valence-corrected chi connectivity index (χ0v) is 12.3. The Hall–Kier alpha value is -1.85. The zero-order valence-electron chi connectivity index (χ0n) is 11.5. The molecule has 1 unspecified atom stereocenters. The van der Waals surface area contributed by atoms with Crippen LogP contribution in [0.5, 0.6) is 0 Å². The lowest BCUT2D eigenvalue weighted by Gasteiger charge is -2.25. The predicted octanol–water partition coefficient (Wildman–Crippen LogP) is 2.36. The molecule has 4 nitrogen and oxygen atoms in total. The first-order chi connectivity index (χ1) is 10.1. The van der Waals surface area contributed by atoms with Crippen molar-refractivity contribution in [3.05, 3.63) is 59.7 Å². The van der Waals surface area contributed by atoms with Crippen LogP contribution in [-0.4, -0.2) is 20.8 Å². The number of fused-ring (bicyclic) bond motifs is 1. The van der Waals surface area contributed by atoms with Gasteiger partial charge in [0.05, 0.1) is 23.4 Å². The number of hydrogen-bond acceptors (Lipinski definition) is 4. The van der Waals surface area contributed by atoms with E-state index in [2.05, 4.69) is 0 Å². The highest BCUT2D eigenvalue weighted by molar-refractivity contribution is 7.91. The molecule has 0 saturated carbocycles. The minimum atomic E-state index is -3.43. The molecule has 0 amide bonds. The molecule has 1 heterocycles. The topological polar surface area (TPSA) is 69.4 Å². The third kappa shape index (κ3) is 2.94. The van der Waals surface area contributed by atoms with E-state index < -0.39 is 15.9 Å². The molecule has 0 saturated heterocycles. The molecule has 1 aliphatic heterocycles. The fraction of sp³-hybridized carbons (Fsp3) is 0.250. The number of hydrogen-bond donors (Lipinski definition) is 1. The summed E-state index contributed by atoms with van der Waals surface area (Å²) in [5, 5.41) is 0. The van der Waals surface area contributed by atoms with Crippen LogP contribution in [0.3, 0.4) is 0 Å². The normalized spacial score (nSPS) is 18.2. The van der Waals surface area contributed by atoms with E-state index in [9.17, 15) is 8.42 Å². The highest BCUT2D eigenvalue weighted by atomic mass is 32.2. The van der Waals surface area contributed by atoms with Gasteiger partial charge in [-0.3, -0.25) is 0 Å². The summed E-state index contributed by atoms with van der Waals surface area (Å²) in [5.41, 5.74) is 8.25. The Kier molecular flexibility index (Phi) is 3.69. The predicted molar refractivity (Wildman–Crippen MR) is 81.7 cm³/mol. The van der Waals surface area contributed by atoms with Crippen LogP contribution in [0.15, 0.2) is 53.4 Å². The SMILES string of the molecule is Nc1cccc(S(=O)(=O)CC2OCCc3ccccc32)c1. The second-order valence-corrected chi connectivity index (χ2v) is 7.20. The van der Waals surface area contributed by atoms with Crippen LogP contribution in [0.4, 0.5) is 5.69 Å². The van der Waals surface area contributed by atoms with Gasteiger partial charge in [0.15, 0.2) is 9.84 Å². The molecule has 2 N–H and O–H groups in total. The summed E-state index contributed by atoms with van der Waals surface area (Å²) < 4.78 is 30.7. The van der Waals surface area contributed by atoms with Gasteiger partial charge in [-0.05, 0) is 35.7 Å². The maximum atomic E-state index is 12.5. The molecular formula is C16H17NO3S. The van der Waals surface area contributed by atoms with Crippen LogP contribution in [-0.2, 0) is 21.0 Å². The van der Waals surface area contributed by atoms with Crippen LogP contribution < -0.4 is 5.73 Å². The Morgan fingerprint density at radius 1 is 1.14 bits per heavy atom. The first kappa shape index (κ1) is 14.1. The van der Waals surface area contributed by atoms with E-state index in [1.165, 1.54) is 6.07 Å². The van der Waals surface area contributed by atoms with Gasteiger partial charge in [0.1, 0.15) is 0 Å². The van der Waals surface area contributed by atoms with Crippen molar-refractivity contribution in [1.82, 2.24) is 0 Å². The van der Waals surface area contributed by atoms with Crippen molar-refractivity contribution in [2.75, 3.05) is 18.1 Å². The molecule has 0 aliphatic carbocycles. The number of nitrogens with two attached hydrogens (primary N) is 1. The Balaban J connectivity index is 1.90. The summed E-state index contributed by atoms with van der Waals surface area (Å²) in [6.45, 7) is 0.550. The molecule has 0 spiro atoms. The molecule has 2 aromatic carbocycles. The smallest absolute Gasteiger partial charge is 0.181 e. The Morgan fingerprint density at radius 2 is 1.95 bits per heavy atom. The van der Waals surface area contributed by atoms with E-state index in [0.29, 0.717) is 12.3 Å². The van der Waals surface area contributed by atoms with Gasteiger partial charge in [0.2, 0.25) is 0 Å². The summed E-state index contributed by atoms with van der Waals surface area (Å²) >= 11 is 0. The fourth-order valence-corrected chi connectivity index (χ4v) is 4.09. The van der Waals surface area contributed by atoms with Gasteiger partial charge < -0.3 is 10.5 Å². The first-order valence-electron chi connectivity index (χ1n) is 6.84. The van der Waals surface area contributed by atoms with E-state index in [1.54, 1.807) is 18.2 Å².